The number of anilines is 1. The second-order valence-electron chi connectivity index (χ2n) is 3.88. The number of rotatable bonds is 4. The van der Waals surface area contributed by atoms with Crippen LogP contribution in [0, 0.1) is 18.6 Å². The summed E-state index contributed by atoms with van der Waals surface area (Å²) in [6.45, 7) is 2.20. The van der Waals surface area contributed by atoms with Crippen LogP contribution in [-0.2, 0) is 6.54 Å². The van der Waals surface area contributed by atoms with Gasteiger partial charge in [0.25, 0.3) is 5.91 Å². The lowest BCUT2D eigenvalue weighted by Gasteiger charge is -2.08. The average molecular weight is 283 g/mol. The zero-order chi connectivity index (χ0) is 14.0. The summed E-state index contributed by atoms with van der Waals surface area (Å²) in [4.78, 5) is 16.0. The molecule has 0 bridgehead atoms. The normalized spacial score (nSPS) is 10.5. The highest BCUT2D eigenvalue weighted by Gasteiger charge is 2.13. The Balaban J connectivity index is 2.20. The average Bonchev–Trinajstić information content (AvgIpc) is 2.73. The molecule has 0 atom stereocenters. The van der Waals surface area contributed by atoms with Crippen molar-refractivity contribution >= 4 is 22.9 Å². The zero-order valence-electron chi connectivity index (χ0n) is 10.0. The minimum Gasteiger partial charge on any atom is -0.378 e. The van der Waals surface area contributed by atoms with Gasteiger partial charge in [0.2, 0.25) is 0 Å². The van der Waals surface area contributed by atoms with Crippen molar-refractivity contribution in [3.05, 3.63) is 45.4 Å². The van der Waals surface area contributed by atoms with Gasteiger partial charge in [0.15, 0.2) is 0 Å². The van der Waals surface area contributed by atoms with Crippen molar-refractivity contribution in [2.24, 2.45) is 5.73 Å². The van der Waals surface area contributed by atoms with Crippen LogP contribution < -0.4 is 11.1 Å². The molecule has 7 heteroatoms. The second-order valence-corrected chi connectivity index (χ2v) is 5.19. The first kappa shape index (κ1) is 13.4. The highest BCUT2D eigenvalue weighted by atomic mass is 32.1. The highest BCUT2D eigenvalue weighted by Crippen LogP contribution is 2.21. The molecule has 4 nitrogen and oxygen atoms in total. The Hall–Kier alpha value is -2.02. The fraction of sp³-hybridized carbons (Fsp3) is 0.167. The topological polar surface area (TPSA) is 68.0 Å². The van der Waals surface area contributed by atoms with Crippen LogP contribution in [0.3, 0.4) is 0 Å². The summed E-state index contributed by atoms with van der Waals surface area (Å²) in [7, 11) is 0. The summed E-state index contributed by atoms with van der Waals surface area (Å²) in [6, 6.07) is 1.71. The first-order valence-corrected chi connectivity index (χ1v) is 6.23. The van der Waals surface area contributed by atoms with Crippen LogP contribution in [0.25, 0.3) is 0 Å². The molecule has 0 radical (unpaired) electrons. The smallest absolute Gasteiger partial charge is 0.251 e. The Morgan fingerprint density at radius 2 is 2.16 bits per heavy atom. The molecule has 0 aliphatic heterocycles. The molecule has 0 saturated heterocycles. The number of halogens is 2. The molecule has 1 aromatic heterocycles. The number of primary amides is 1. The molecule has 0 aliphatic carbocycles. The van der Waals surface area contributed by atoms with Crippen molar-refractivity contribution in [3.8, 4) is 0 Å². The van der Waals surface area contributed by atoms with Crippen LogP contribution in [0.1, 0.15) is 20.2 Å². The van der Waals surface area contributed by atoms with Crippen molar-refractivity contribution < 1.29 is 13.6 Å². The van der Waals surface area contributed by atoms with E-state index in [4.69, 9.17) is 5.73 Å². The summed E-state index contributed by atoms with van der Waals surface area (Å²) in [5.41, 5.74) is 4.69. The largest absolute Gasteiger partial charge is 0.378 e. The fourth-order valence-corrected chi connectivity index (χ4v) is 2.28. The third-order valence-corrected chi connectivity index (χ3v) is 3.36. The van der Waals surface area contributed by atoms with Crippen molar-refractivity contribution in [3.63, 3.8) is 0 Å². The lowest BCUT2D eigenvalue weighted by atomic mass is 10.1. The standard InChI is InChI=1S/C12H11F2N3OS/c1-6-16-4-7(19-6)5-17-11-2-8(12(15)18)9(13)3-10(11)14/h2-4,17H,5H2,1H3,(H2,15,18). The van der Waals surface area contributed by atoms with Crippen LogP contribution in [0.15, 0.2) is 18.3 Å². The van der Waals surface area contributed by atoms with E-state index in [1.54, 1.807) is 6.20 Å². The number of aromatic nitrogens is 1. The van der Waals surface area contributed by atoms with Gasteiger partial charge in [-0.1, -0.05) is 0 Å². The van der Waals surface area contributed by atoms with Gasteiger partial charge in [0.05, 0.1) is 22.8 Å². The van der Waals surface area contributed by atoms with Gasteiger partial charge in [-0.25, -0.2) is 13.8 Å². The number of nitrogens with two attached hydrogens (primary N) is 1. The van der Waals surface area contributed by atoms with E-state index in [-0.39, 0.29) is 11.3 Å². The number of hydrogen-bond acceptors (Lipinski definition) is 4. The number of nitrogens with zero attached hydrogens (tertiary/aromatic N) is 1. The van der Waals surface area contributed by atoms with Gasteiger partial charge in [-0.3, -0.25) is 4.79 Å². The molecule has 1 heterocycles. The number of benzene rings is 1. The zero-order valence-corrected chi connectivity index (χ0v) is 10.9. The summed E-state index contributed by atoms with van der Waals surface area (Å²) in [5.74, 6) is -2.68. The molecule has 1 amide bonds. The summed E-state index contributed by atoms with van der Waals surface area (Å²) in [6.07, 6.45) is 1.67. The maximum absolute atomic E-state index is 13.5. The molecule has 100 valence electrons. The first-order chi connectivity index (χ1) is 8.97. The predicted molar refractivity (Wildman–Crippen MR) is 69.1 cm³/mol. The van der Waals surface area contributed by atoms with Gasteiger partial charge in [0, 0.05) is 17.1 Å². The number of aryl methyl sites for hydroxylation is 1. The number of thiazole rings is 1. The minimum atomic E-state index is -0.968. The molecule has 0 fully saturated rings. The van der Waals surface area contributed by atoms with Crippen LogP contribution in [0.2, 0.25) is 0 Å². The quantitative estimate of drug-likeness (QED) is 0.905. The maximum atomic E-state index is 13.5. The van der Waals surface area contributed by atoms with Gasteiger partial charge >= 0.3 is 0 Å². The van der Waals surface area contributed by atoms with E-state index >= 15 is 0 Å². The van der Waals surface area contributed by atoms with Crippen LogP contribution >= 0.6 is 11.3 Å². The van der Waals surface area contributed by atoms with E-state index < -0.39 is 17.5 Å². The van der Waals surface area contributed by atoms with Gasteiger partial charge < -0.3 is 11.1 Å². The number of hydrogen-bond donors (Lipinski definition) is 2. The summed E-state index contributed by atoms with van der Waals surface area (Å²) in [5, 5.41) is 3.68. The summed E-state index contributed by atoms with van der Waals surface area (Å²) < 4.78 is 26.8. The molecule has 19 heavy (non-hydrogen) atoms. The summed E-state index contributed by atoms with van der Waals surface area (Å²) >= 11 is 1.46. The molecule has 0 spiro atoms. The number of carbonyl (C=O) groups is 1. The van der Waals surface area contributed by atoms with Crippen LogP contribution in [0.4, 0.5) is 14.5 Å². The third kappa shape index (κ3) is 3.05. The van der Waals surface area contributed by atoms with Gasteiger partial charge in [0.1, 0.15) is 11.6 Å². The molecule has 0 unspecified atom stereocenters. The van der Waals surface area contributed by atoms with Gasteiger partial charge in [-0.05, 0) is 13.0 Å². The molecule has 2 rings (SSSR count). The van der Waals surface area contributed by atoms with E-state index in [1.165, 1.54) is 11.3 Å². The Morgan fingerprint density at radius 1 is 1.42 bits per heavy atom. The Labute approximate surface area is 112 Å². The van der Waals surface area contributed by atoms with E-state index in [9.17, 15) is 13.6 Å². The molecule has 3 N–H and O–H groups in total. The fourth-order valence-electron chi connectivity index (χ4n) is 1.54. The lowest BCUT2D eigenvalue weighted by Crippen LogP contribution is -2.14. The van der Waals surface area contributed by atoms with Gasteiger partial charge in [-0.15, -0.1) is 11.3 Å². The molecular formula is C12H11F2N3OS. The number of nitrogens with one attached hydrogen (secondary N) is 1. The van der Waals surface area contributed by atoms with Gasteiger partial charge in [-0.2, -0.15) is 0 Å². The lowest BCUT2D eigenvalue weighted by molar-refractivity contribution is 0.0996. The SMILES string of the molecule is Cc1ncc(CNc2cc(C(N)=O)c(F)cc2F)s1. The van der Waals surface area contributed by atoms with Crippen molar-refractivity contribution in [1.82, 2.24) is 4.98 Å². The number of carbonyl (C=O) groups excluding carboxylic acids is 1. The maximum Gasteiger partial charge on any atom is 0.251 e. The molecule has 0 aliphatic rings. The highest BCUT2D eigenvalue weighted by molar-refractivity contribution is 7.11. The molecule has 0 saturated carbocycles. The van der Waals surface area contributed by atoms with E-state index in [0.717, 1.165) is 16.0 Å². The Kier molecular flexibility index (Phi) is 3.75. The predicted octanol–water partition coefficient (Wildman–Crippen LogP) is 2.44. The molecular weight excluding hydrogens is 272 g/mol. The second kappa shape index (κ2) is 5.31. The molecule has 1 aromatic carbocycles. The van der Waals surface area contributed by atoms with Crippen molar-refractivity contribution in [1.29, 1.82) is 0 Å². The third-order valence-electron chi connectivity index (χ3n) is 2.44. The minimum absolute atomic E-state index is 0.0289. The Bertz CT molecular complexity index is 627. The number of amides is 1. The monoisotopic (exact) mass is 283 g/mol. The van der Waals surface area contributed by atoms with E-state index in [1.807, 2.05) is 6.92 Å². The first-order valence-electron chi connectivity index (χ1n) is 5.41. The van der Waals surface area contributed by atoms with Crippen LogP contribution in [-0.4, -0.2) is 10.9 Å². The van der Waals surface area contributed by atoms with Crippen molar-refractivity contribution in [2.45, 2.75) is 13.5 Å². The molecule has 2 aromatic rings. The Morgan fingerprint density at radius 3 is 2.74 bits per heavy atom. The van der Waals surface area contributed by atoms with E-state index in [0.29, 0.717) is 12.6 Å². The van der Waals surface area contributed by atoms with Crippen LogP contribution in [0.5, 0.6) is 0 Å². The van der Waals surface area contributed by atoms with E-state index in [2.05, 4.69) is 10.3 Å². The van der Waals surface area contributed by atoms with Crippen molar-refractivity contribution in [2.75, 3.05) is 5.32 Å².